The van der Waals surface area contributed by atoms with E-state index in [1.165, 1.54) is 5.56 Å². The van der Waals surface area contributed by atoms with E-state index in [0.717, 1.165) is 50.7 Å². The van der Waals surface area contributed by atoms with Gasteiger partial charge in [0, 0.05) is 18.6 Å². The SMILES string of the molecule is C[C@@H]1C[C@H](C[C@H](C[C@@H]2O[C@@H]3CO[C@@H](c4ccccc4)O[C@H]3CC[C@H]2O[Si](C)(C)C(C)(C)C)O[Si](C)(C)C(C)(C)C)O[C@@H]1[C@@H](C)CCOCc1ccccc1. The smallest absolute Gasteiger partial charge is 0.192 e. The van der Waals surface area contributed by atoms with E-state index in [2.05, 4.69) is 118 Å². The fraction of sp³-hybridized carbons (Fsp3) is 0.733. The van der Waals surface area contributed by atoms with E-state index in [-0.39, 0.29) is 59.1 Å². The van der Waals surface area contributed by atoms with Crippen LogP contribution in [0, 0.1) is 11.8 Å². The van der Waals surface area contributed by atoms with Crippen LogP contribution in [0.1, 0.15) is 111 Å². The van der Waals surface area contributed by atoms with Crippen LogP contribution >= 0.6 is 0 Å². The lowest BCUT2D eigenvalue weighted by molar-refractivity contribution is -0.271. The van der Waals surface area contributed by atoms with Gasteiger partial charge in [-0.05, 0) is 85.8 Å². The third kappa shape index (κ3) is 11.6. The van der Waals surface area contributed by atoms with Crippen LogP contribution < -0.4 is 0 Å². The van der Waals surface area contributed by atoms with Gasteiger partial charge in [-0.25, -0.2) is 0 Å². The summed E-state index contributed by atoms with van der Waals surface area (Å²) >= 11 is 0. The Balaban J connectivity index is 1.31. The molecule has 3 saturated heterocycles. The Morgan fingerprint density at radius 1 is 0.778 bits per heavy atom. The summed E-state index contributed by atoms with van der Waals surface area (Å²) < 4.78 is 47.8. The van der Waals surface area contributed by atoms with Crippen molar-refractivity contribution in [2.24, 2.45) is 11.8 Å². The van der Waals surface area contributed by atoms with E-state index < -0.39 is 16.6 Å². The lowest BCUT2D eigenvalue weighted by atomic mass is 9.90. The van der Waals surface area contributed by atoms with E-state index in [1.807, 2.05) is 24.3 Å². The van der Waals surface area contributed by atoms with Crippen LogP contribution in [-0.4, -0.2) is 72.6 Å². The lowest BCUT2D eigenvalue weighted by Crippen LogP contribution is -2.50. The first-order valence-electron chi connectivity index (χ1n) is 20.9. The van der Waals surface area contributed by atoms with E-state index in [1.54, 1.807) is 0 Å². The van der Waals surface area contributed by atoms with Gasteiger partial charge in [0.15, 0.2) is 22.9 Å². The van der Waals surface area contributed by atoms with Crippen LogP contribution in [0.25, 0.3) is 0 Å². The monoisotopic (exact) mass is 782 g/mol. The molecule has 54 heavy (non-hydrogen) atoms. The fourth-order valence-electron chi connectivity index (χ4n) is 7.81. The number of ether oxygens (including phenoxy) is 5. The second kappa shape index (κ2) is 18.5. The first kappa shape index (κ1) is 43.7. The zero-order chi connectivity index (χ0) is 39.3. The Labute approximate surface area is 330 Å². The van der Waals surface area contributed by atoms with E-state index in [9.17, 15) is 0 Å². The zero-order valence-corrected chi connectivity index (χ0v) is 37.8. The van der Waals surface area contributed by atoms with Crippen LogP contribution in [0.2, 0.25) is 36.3 Å². The summed E-state index contributed by atoms with van der Waals surface area (Å²) in [5.74, 6) is 0.891. The minimum absolute atomic E-state index is 0.0130. The predicted molar refractivity (Wildman–Crippen MR) is 224 cm³/mol. The number of hydrogen-bond acceptors (Lipinski definition) is 7. The van der Waals surface area contributed by atoms with Crippen molar-refractivity contribution in [3.8, 4) is 0 Å². The predicted octanol–water partition coefficient (Wildman–Crippen LogP) is 11.2. The van der Waals surface area contributed by atoms with Crippen LogP contribution in [0.4, 0.5) is 0 Å². The normalized spacial score (nSPS) is 29.7. The highest BCUT2D eigenvalue weighted by Crippen LogP contribution is 2.44. The molecule has 3 fully saturated rings. The molecule has 0 unspecified atom stereocenters. The summed E-state index contributed by atoms with van der Waals surface area (Å²) in [5, 5.41) is 0.160. The Morgan fingerprint density at radius 2 is 1.43 bits per heavy atom. The molecule has 7 nitrogen and oxygen atoms in total. The Kier molecular flexibility index (Phi) is 14.9. The molecule has 0 aliphatic carbocycles. The van der Waals surface area contributed by atoms with Gasteiger partial charge in [-0.3, -0.25) is 0 Å². The minimum atomic E-state index is -2.13. The molecule has 9 heteroatoms. The van der Waals surface area contributed by atoms with Crippen molar-refractivity contribution in [2.75, 3.05) is 13.2 Å². The van der Waals surface area contributed by atoms with E-state index in [0.29, 0.717) is 25.0 Å². The molecule has 0 spiro atoms. The van der Waals surface area contributed by atoms with Gasteiger partial charge < -0.3 is 32.5 Å². The third-order valence-electron chi connectivity index (χ3n) is 13.2. The third-order valence-corrected chi connectivity index (χ3v) is 22.2. The van der Waals surface area contributed by atoms with Crippen LogP contribution in [0.3, 0.4) is 0 Å². The maximum atomic E-state index is 7.37. The summed E-state index contributed by atoms with van der Waals surface area (Å²) in [6.45, 7) is 30.0. The van der Waals surface area contributed by atoms with Crippen LogP contribution in [-0.2, 0) is 39.1 Å². The molecule has 0 saturated carbocycles. The Bertz CT molecular complexity index is 1410. The maximum Gasteiger partial charge on any atom is 0.192 e. The largest absolute Gasteiger partial charge is 0.414 e. The van der Waals surface area contributed by atoms with Gasteiger partial charge in [-0.1, -0.05) is 116 Å². The minimum Gasteiger partial charge on any atom is -0.414 e. The van der Waals surface area contributed by atoms with Gasteiger partial charge >= 0.3 is 0 Å². The Morgan fingerprint density at radius 3 is 2.07 bits per heavy atom. The number of rotatable bonds is 15. The zero-order valence-electron chi connectivity index (χ0n) is 35.8. The highest BCUT2D eigenvalue weighted by Gasteiger charge is 2.48. The molecule has 0 N–H and O–H groups in total. The summed E-state index contributed by atoms with van der Waals surface area (Å²) in [5.41, 5.74) is 2.26. The molecule has 0 aromatic heterocycles. The standard InChI is InChI=1S/C45H74O7Si2/c1-32(25-26-46-30-34-19-15-13-16-20-34)42-33(2)27-36(48-42)28-37(51-53(9,10)44(3,4)5)29-40-39(52-54(11,12)45(6,7)8)24-23-38-41(49-40)31-47-43(50-38)35-21-17-14-18-22-35/h13-22,32-33,36-43H,23-31H2,1-12H3/t32-,33+,36+,37+,38-,39+,40-,41+,42+,43+/m0/s1. The molecule has 5 rings (SSSR count). The molecule has 0 amide bonds. The van der Waals surface area contributed by atoms with E-state index >= 15 is 0 Å². The second-order valence-electron chi connectivity index (χ2n) is 19.7. The van der Waals surface area contributed by atoms with Crippen molar-refractivity contribution < 1.29 is 32.5 Å². The topological polar surface area (TPSA) is 64.6 Å². The van der Waals surface area contributed by atoms with Crippen molar-refractivity contribution in [1.29, 1.82) is 0 Å². The van der Waals surface area contributed by atoms with Gasteiger partial charge in [0.1, 0.15) is 6.10 Å². The summed E-state index contributed by atoms with van der Waals surface area (Å²) in [6.07, 6.45) is 4.95. The summed E-state index contributed by atoms with van der Waals surface area (Å²) in [4.78, 5) is 0. The van der Waals surface area contributed by atoms with Crippen LogP contribution in [0.5, 0.6) is 0 Å². The molecule has 10 atom stereocenters. The Hall–Kier alpha value is -1.41. The molecular formula is C45H74O7Si2. The van der Waals surface area contributed by atoms with Crippen molar-refractivity contribution >= 4 is 16.6 Å². The summed E-state index contributed by atoms with van der Waals surface area (Å²) in [6, 6.07) is 20.7. The quantitative estimate of drug-likeness (QED) is 0.132. The van der Waals surface area contributed by atoms with E-state index in [4.69, 9.17) is 32.5 Å². The molecule has 3 aliphatic heterocycles. The number of benzene rings is 2. The highest BCUT2D eigenvalue weighted by atomic mass is 28.4. The van der Waals surface area contributed by atoms with Gasteiger partial charge in [-0.2, -0.15) is 0 Å². The highest BCUT2D eigenvalue weighted by molar-refractivity contribution is 6.74. The average molecular weight is 783 g/mol. The van der Waals surface area contributed by atoms with Crippen molar-refractivity contribution in [3.63, 3.8) is 0 Å². The molecule has 3 heterocycles. The van der Waals surface area contributed by atoms with Gasteiger partial charge in [0.2, 0.25) is 0 Å². The first-order chi connectivity index (χ1) is 25.3. The fourth-order valence-corrected chi connectivity index (χ4v) is 10.6. The molecule has 0 radical (unpaired) electrons. The first-order valence-corrected chi connectivity index (χ1v) is 26.7. The summed E-state index contributed by atoms with van der Waals surface area (Å²) in [7, 11) is -4.25. The molecule has 304 valence electrons. The van der Waals surface area contributed by atoms with Gasteiger partial charge in [0.25, 0.3) is 0 Å². The van der Waals surface area contributed by atoms with Crippen molar-refractivity contribution in [2.45, 2.75) is 186 Å². The van der Waals surface area contributed by atoms with Gasteiger partial charge in [-0.15, -0.1) is 0 Å². The maximum absolute atomic E-state index is 7.37. The molecule has 3 aliphatic rings. The second-order valence-corrected chi connectivity index (χ2v) is 29.2. The molecule has 2 aromatic carbocycles. The molecule has 2 aromatic rings. The number of hydrogen-bond donors (Lipinski definition) is 0. The van der Waals surface area contributed by atoms with Gasteiger partial charge in [0.05, 0.1) is 49.8 Å². The van der Waals surface area contributed by atoms with Crippen molar-refractivity contribution in [1.82, 2.24) is 0 Å². The van der Waals surface area contributed by atoms with Crippen molar-refractivity contribution in [3.05, 3.63) is 71.8 Å². The van der Waals surface area contributed by atoms with Crippen LogP contribution in [0.15, 0.2) is 60.7 Å². The number of fused-ring (bicyclic) bond motifs is 1. The lowest BCUT2D eigenvalue weighted by Gasteiger charge is -2.44. The average Bonchev–Trinajstić information content (AvgIpc) is 3.38. The molecular weight excluding hydrogens is 709 g/mol. The molecule has 0 bridgehead atoms.